The minimum Gasteiger partial charge on any atom is -0.316 e. The van der Waals surface area contributed by atoms with Gasteiger partial charge in [-0.05, 0) is 42.2 Å². The van der Waals surface area contributed by atoms with E-state index in [1.807, 2.05) is 0 Å². The van der Waals surface area contributed by atoms with Crippen LogP contribution in [-0.2, 0) is 6.42 Å². The first-order valence-electron chi connectivity index (χ1n) is 6.61. The van der Waals surface area contributed by atoms with Crippen molar-refractivity contribution in [1.29, 1.82) is 0 Å². The zero-order valence-electron chi connectivity index (χ0n) is 10.1. The molecule has 1 nitrogen and oxygen atoms in total. The summed E-state index contributed by atoms with van der Waals surface area (Å²) in [5, 5.41) is 3.68. The lowest BCUT2D eigenvalue weighted by Gasteiger charge is -2.30. The first-order chi connectivity index (χ1) is 7.83. The minimum atomic E-state index is 0.684. The van der Waals surface area contributed by atoms with Gasteiger partial charge in [-0.1, -0.05) is 31.2 Å². The molecule has 0 radical (unpaired) electrons. The Morgan fingerprint density at radius 3 is 2.81 bits per heavy atom. The Morgan fingerprint density at radius 2 is 2.12 bits per heavy atom. The molecule has 3 rings (SSSR count). The lowest BCUT2D eigenvalue weighted by Crippen LogP contribution is -2.32. The molecule has 0 amide bonds. The highest BCUT2D eigenvalue weighted by atomic mass is 14.9. The number of hydrogen-bond donors (Lipinski definition) is 1. The molecule has 0 heterocycles. The van der Waals surface area contributed by atoms with Crippen molar-refractivity contribution in [2.24, 2.45) is 5.41 Å². The molecule has 1 fully saturated rings. The van der Waals surface area contributed by atoms with Crippen LogP contribution >= 0.6 is 0 Å². The topological polar surface area (TPSA) is 12.0 Å². The molecule has 86 valence electrons. The fourth-order valence-corrected chi connectivity index (χ4v) is 2.89. The number of benzene rings is 1. The average Bonchev–Trinajstić information content (AvgIpc) is 3.06. The summed E-state index contributed by atoms with van der Waals surface area (Å²) in [5.41, 5.74) is 3.82. The van der Waals surface area contributed by atoms with Gasteiger partial charge in [0.15, 0.2) is 0 Å². The van der Waals surface area contributed by atoms with Gasteiger partial charge in [-0.2, -0.15) is 0 Å². The van der Waals surface area contributed by atoms with E-state index < -0.39 is 0 Å². The van der Waals surface area contributed by atoms with E-state index in [0.717, 1.165) is 5.92 Å². The summed E-state index contributed by atoms with van der Waals surface area (Å²) in [4.78, 5) is 0. The van der Waals surface area contributed by atoms with E-state index in [1.54, 1.807) is 11.1 Å². The number of hydrogen-bond acceptors (Lipinski definition) is 1. The second-order valence-corrected chi connectivity index (χ2v) is 5.58. The fourth-order valence-electron chi connectivity index (χ4n) is 2.89. The Labute approximate surface area is 98.3 Å². The zero-order chi connectivity index (χ0) is 11.0. The van der Waals surface area contributed by atoms with Crippen molar-refractivity contribution in [3.8, 4) is 0 Å². The van der Waals surface area contributed by atoms with Gasteiger partial charge in [-0.3, -0.25) is 0 Å². The van der Waals surface area contributed by atoms with E-state index in [9.17, 15) is 0 Å². The van der Waals surface area contributed by atoms with Crippen LogP contribution in [0.5, 0.6) is 0 Å². The molecule has 1 saturated carbocycles. The zero-order valence-corrected chi connectivity index (χ0v) is 10.1. The first kappa shape index (κ1) is 10.3. The molecule has 1 aromatic carbocycles. The van der Waals surface area contributed by atoms with E-state index in [1.165, 1.54) is 38.8 Å². The van der Waals surface area contributed by atoms with Crippen LogP contribution in [0.4, 0.5) is 0 Å². The Hall–Kier alpha value is -0.820. The molecule has 0 saturated heterocycles. The standard InChI is InChI=1S/C15H21N/c1-2-15(7-8-15)11-16-10-13-9-12-5-3-4-6-14(12)13/h3-6,13,16H,2,7-11H2,1H3. The van der Waals surface area contributed by atoms with E-state index in [0.29, 0.717) is 5.41 Å². The Kier molecular flexibility index (Phi) is 2.51. The molecule has 1 aromatic rings. The van der Waals surface area contributed by atoms with Gasteiger partial charge >= 0.3 is 0 Å². The average molecular weight is 215 g/mol. The molecule has 0 aromatic heterocycles. The lowest BCUT2D eigenvalue weighted by molar-refractivity contribution is 0.422. The van der Waals surface area contributed by atoms with Gasteiger partial charge in [0.2, 0.25) is 0 Å². The molecule has 2 aliphatic rings. The summed E-state index contributed by atoms with van der Waals surface area (Å²) in [7, 11) is 0. The summed E-state index contributed by atoms with van der Waals surface area (Å²) in [6.07, 6.45) is 5.51. The third-order valence-corrected chi connectivity index (χ3v) is 4.56. The maximum Gasteiger partial charge on any atom is 0.00236 e. The second-order valence-electron chi connectivity index (χ2n) is 5.58. The first-order valence-corrected chi connectivity index (χ1v) is 6.61. The van der Waals surface area contributed by atoms with Gasteiger partial charge in [-0.25, -0.2) is 0 Å². The van der Waals surface area contributed by atoms with Crippen LogP contribution in [0.25, 0.3) is 0 Å². The summed E-state index contributed by atoms with van der Waals surface area (Å²) in [6.45, 7) is 4.74. The fraction of sp³-hybridized carbons (Fsp3) is 0.600. The molecular weight excluding hydrogens is 194 g/mol. The molecule has 1 N–H and O–H groups in total. The van der Waals surface area contributed by atoms with Crippen molar-refractivity contribution in [2.75, 3.05) is 13.1 Å². The summed E-state index contributed by atoms with van der Waals surface area (Å²) in [5.74, 6) is 0.781. The molecule has 0 spiro atoms. The van der Waals surface area contributed by atoms with E-state index in [-0.39, 0.29) is 0 Å². The van der Waals surface area contributed by atoms with E-state index >= 15 is 0 Å². The van der Waals surface area contributed by atoms with Crippen LogP contribution in [-0.4, -0.2) is 13.1 Å². The Balaban J connectivity index is 1.48. The van der Waals surface area contributed by atoms with E-state index in [4.69, 9.17) is 0 Å². The maximum atomic E-state index is 3.68. The van der Waals surface area contributed by atoms with Crippen molar-refractivity contribution >= 4 is 0 Å². The van der Waals surface area contributed by atoms with Crippen LogP contribution in [0.15, 0.2) is 24.3 Å². The molecule has 1 heteroatoms. The largest absolute Gasteiger partial charge is 0.316 e. The quantitative estimate of drug-likeness (QED) is 0.796. The highest BCUT2D eigenvalue weighted by Gasteiger charge is 2.40. The van der Waals surface area contributed by atoms with Gasteiger partial charge in [0.1, 0.15) is 0 Å². The summed E-state index contributed by atoms with van der Waals surface area (Å²) in [6, 6.07) is 8.87. The third-order valence-electron chi connectivity index (χ3n) is 4.56. The Morgan fingerprint density at radius 1 is 1.31 bits per heavy atom. The molecule has 1 unspecified atom stereocenters. The maximum absolute atomic E-state index is 3.68. The normalized spacial score (nSPS) is 24.7. The van der Waals surface area contributed by atoms with Gasteiger partial charge < -0.3 is 5.32 Å². The van der Waals surface area contributed by atoms with Gasteiger partial charge in [-0.15, -0.1) is 0 Å². The van der Waals surface area contributed by atoms with Crippen LogP contribution < -0.4 is 5.32 Å². The van der Waals surface area contributed by atoms with Crippen LogP contribution in [0.3, 0.4) is 0 Å². The molecule has 1 atom stereocenters. The molecule has 2 aliphatic carbocycles. The van der Waals surface area contributed by atoms with Crippen molar-refractivity contribution in [1.82, 2.24) is 5.32 Å². The number of fused-ring (bicyclic) bond motifs is 1. The van der Waals surface area contributed by atoms with Crippen LogP contribution in [0.1, 0.15) is 43.2 Å². The predicted octanol–water partition coefficient (Wildman–Crippen LogP) is 3.11. The van der Waals surface area contributed by atoms with Crippen molar-refractivity contribution in [3.63, 3.8) is 0 Å². The molecular formula is C15H21N. The molecule has 16 heavy (non-hydrogen) atoms. The highest BCUT2D eigenvalue weighted by molar-refractivity contribution is 5.40. The van der Waals surface area contributed by atoms with Crippen LogP contribution in [0, 0.1) is 5.41 Å². The Bertz CT molecular complexity index is 379. The minimum absolute atomic E-state index is 0.684. The van der Waals surface area contributed by atoms with Gasteiger partial charge in [0, 0.05) is 19.0 Å². The smallest absolute Gasteiger partial charge is 0.00236 e. The third kappa shape index (κ3) is 1.78. The predicted molar refractivity (Wildman–Crippen MR) is 67.7 cm³/mol. The number of nitrogens with one attached hydrogen (secondary N) is 1. The lowest BCUT2D eigenvalue weighted by atomic mass is 9.77. The van der Waals surface area contributed by atoms with Crippen molar-refractivity contribution < 1.29 is 0 Å². The number of rotatable bonds is 5. The van der Waals surface area contributed by atoms with Crippen LogP contribution in [0.2, 0.25) is 0 Å². The summed E-state index contributed by atoms with van der Waals surface area (Å²) >= 11 is 0. The van der Waals surface area contributed by atoms with Gasteiger partial charge in [0.05, 0.1) is 0 Å². The van der Waals surface area contributed by atoms with Crippen molar-refractivity contribution in [2.45, 2.75) is 38.5 Å². The second kappa shape index (κ2) is 3.89. The van der Waals surface area contributed by atoms with Crippen molar-refractivity contribution in [3.05, 3.63) is 35.4 Å². The molecule has 0 bridgehead atoms. The van der Waals surface area contributed by atoms with Gasteiger partial charge in [0.25, 0.3) is 0 Å². The van der Waals surface area contributed by atoms with E-state index in [2.05, 4.69) is 36.5 Å². The monoisotopic (exact) mass is 215 g/mol. The summed E-state index contributed by atoms with van der Waals surface area (Å²) < 4.78 is 0. The SMILES string of the molecule is CCC1(CNCC2Cc3ccccc32)CC1. The molecule has 0 aliphatic heterocycles. The highest BCUT2D eigenvalue weighted by Crippen LogP contribution is 2.48.